The molecule has 1 atom stereocenters. The van der Waals surface area contributed by atoms with Gasteiger partial charge in [0, 0.05) is 24.0 Å². The van der Waals surface area contributed by atoms with Crippen molar-refractivity contribution in [1.29, 1.82) is 0 Å². The van der Waals surface area contributed by atoms with Gasteiger partial charge in [0.15, 0.2) is 0 Å². The molecule has 0 fully saturated rings. The van der Waals surface area contributed by atoms with E-state index in [-0.39, 0.29) is 17.5 Å². The molecule has 0 spiro atoms. The summed E-state index contributed by atoms with van der Waals surface area (Å²) in [6.45, 7) is 8.29. The van der Waals surface area contributed by atoms with Gasteiger partial charge in [0.05, 0.1) is 12.2 Å². The molecule has 1 amide bonds. The van der Waals surface area contributed by atoms with Crippen molar-refractivity contribution >= 4 is 11.7 Å². The maximum atomic E-state index is 12.0. The van der Waals surface area contributed by atoms with Crippen molar-refractivity contribution in [3.63, 3.8) is 0 Å². The van der Waals surface area contributed by atoms with Gasteiger partial charge in [-0.3, -0.25) is 14.5 Å². The topological polar surface area (TPSA) is 71.8 Å². The third kappa shape index (κ3) is 4.87. The maximum absolute atomic E-state index is 12.0. The molecular formula is C16H23N5O. The molecule has 0 unspecified atom stereocenters. The molecule has 2 heterocycles. The second kappa shape index (κ2) is 6.60. The number of nitrogens with one attached hydrogen (secondary N) is 2. The van der Waals surface area contributed by atoms with Gasteiger partial charge >= 0.3 is 0 Å². The number of hydrogen-bond donors (Lipinski definition) is 2. The van der Waals surface area contributed by atoms with E-state index < -0.39 is 0 Å². The number of pyridine rings is 1. The zero-order valence-electron chi connectivity index (χ0n) is 13.5. The van der Waals surface area contributed by atoms with Gasteiger partial charge in [0.1, 0.15) is 11.9 Å². The van der Waals surface area contributed by atoms with Gasteiger partial charge in [-0.25, -0.2) is 0 Å². The molecule has 2 rings (SSSR count). The minimum absolute atomic E-state index is 0.0493. The van der Waals surface area contributed by atoms with Crippen LogP contribution in [-0.4, -0.2) is 32.3 Å². The van der Waals surface area contributed by atoms with Crippen LogP contribution >= 0.6 is 0 Å². The van der Waals surface area contributed by atoms with Crippen molar-refractivity contribution in [3.8, 4) is 0 Å². The van der Waals surface area contributed by atoms with Crippen LogP contribution in [0.25, 0.3) is 0 Å². The molecule has 0 radical (unpaired) electrons. The summed E-state index contributed by atoms with van der Waals surface area (Å²) in [5.41, 5.74) is 0.696. The lowest BCUT2D eigenvalue weighted by Crippen LogP contribution is -2.47. The van der Waals surface area contributed by atoms with Crippen molar-refractivity contribution in [2.75, 3.05) is 5.32 Å². The van der Waals surface area contributed by atoms with E-state index in [0.29, 0.717) is 12.4 Å². The Labute approximate surface area is 130 Å². The van der Waals surface area contributed by atoms with Crippen molar-refractivity contribution in [3.05, 3.63) is 42.4 Å². The summed E-state index contributed by atoms with van der Waals surface area (Å²) in [5.74, 6) is 0.624. The highest BCUT2D eigenvalue weighted by molar-refractivity contribution is 5.84. The largest absolute Gasteiger partial charge is 0.357 e. The van der Waals surface area contributed by atoms with Gasteiger partial charge in [-0.15, -0.1) is 0 Å². The van der Waals surface area contributed by atoms with E-state index in [0.717, 1.165) is 5.69 Å². The highest BCUT2D eigenvalue weighted by atomic mass is 16.2. The molecular weight excluding hydrogens is 278 g/mol. The number of aromatic nitrogens is 3. The number of carbonyl (C=O) groups excluding carboxylic acids is 1. The Morgan fingerprint density at radius 1 is 1.32 bits per heavy atom. The molecule has 2 N–H and O–H groups in total. The third-order valence-corrected chi connectivity index (χ3v) is 2.95. The SMILES string of the molecule is C[C@H](Nc1ccn(Cc2ccccn2)n1)C(=O)NC(C)(C)C. The molecule has 0 aliphatic carbocycles. The number of amides is 1. The quantitative estimate of drug-likeness (QED) is 0.886. The van der Waals surface area contributed by atoms with E-state index in [1.54, 1.807) is 10.9 Å². The normalized spacial score (nSPS) is 12.7. The molecule has 0 aromatic carbocycles. The first-order valence-electron chi connectivity index (χ1n) is 7.35. The summed E-state index contributed by atoms with van der Waals surface area (Å²) in [6.07, 6.45) is 3.63. The fraction of sp³-hybridized carbons (Fsp3) is 0.438. The minimum Gasteiger partial charge on any atom is -0.357 e. The van der Waals surface area contributed by atoms with Crippen LogP contribution in [0.15, 0.2) is 36.7 Å². The maximum Gasteiger partial charge on any atom is 0.242 e. The summed E-state index contributed by atoms with van der Waals surface area (Å²) < 4.78 is 1.79. The second-order valence-corrected chi connectivity index (χ2v) is 6.32. The lowest BCUT2D eigenvalue weighted by molar-refractivity contribution is -0.122. The Kier molecular flexibility index (Phi) is 4.80. The number of anilines is 1. The molecule has 6 nitrogen and oxygen atoms in total. The zero-order valence-corrected chi connectivity index (χ0v) is 13.5. The van der Waals surface area contributed by atoms with Gasteiger partial charge in [0.2, 0.25) is 5.91 Å². The third-order valence-electron chi connectivity index (χ3n) is 2.95. The van der Waals surface area contributed by atoms with Crippen molar-refractivity contribution in [2.45, 2.75) is 45.8 Å². The van der Waals surface area contributed by atoms with Crippen LogP contribution in [0.3, 0.4) is 0 Å². The number of hydrogen-bond acceptors (Lipinski definition) is 4. The zero-order chi connectivity index (χ0) is 16.2. The molecule has 0 bridgehead atoms. The Morgan fingerprint density at radius 3 is 2.73 bits per heavy atom. The van der Waals surface area contributed by atoms with Gasteiger partial charge < -0.3 is 10.6 Å². The van der Waals surface area contributed by atoms with Crippen LogP contribution in [0.1, 0.15) is 33.4 Å². The van der Waals surface area contributed by atoms with Crippen LogP contribution in [0.4, 0.5) is 5.82 Å². The van der Waals surface area contributed by atoms with E-state index in [1.165, 1.54) is 0 Å². The van der Waals surface area contributed by atoms with Crippen LogP contribution in [0.5, 0.6) is 0 Å². The first-order valence-corrected chi connectivity index (χ1v) is 7.35. The van der Waals surface area contributed by atoms with Crippen LogP contribution in [0.2, 0.25) is 0 Å². The molecule has 2 aromatic heterocycles. The first-order chi connectivity index (χ1) is 10.3. The molecule has 0 aliphatic heterocycles. The van der Waals surface area contributed by atoms with Gasteiger partial charge in [-0.2, -0.15) is 5.10 Å². The average Bonchev–Trinajstić information content (AvgIpc) is 2.85. The van der Waals surface area contributed by atoms with E-state index in [9.17, 15) is 4.79 Å². The minimum atomic E-state index is -0.350. The van der Waals surface area contributed by atoms with E-state index in [2.05, 4.69) is 20.7 Å². The molecule has 0 aliphatic rings. The number of carbonyl (C=O) groups is 1. The summed E-state index contributed by atoms with van der Waals surface area (Å²) in [7, 11) is 0. The fourth-order valence-corrected chi connectivity index (χ4v) is 1.95. The average molecular weight is 301 g/mol. The molecule has 22 heavy (non-hydrogen) atoms. The van der Waals surface area contributed by atoms with E-state index >= 15 is 0 Å². The second-order valence-electron chi connectivity index (χ2n) is 6.32. The standard InChI is InChI=1S/C16H23N5O/c1-12(15(22)19-16(2,3)4)18-14-8-10-21(20-14)11-13-7-5-6-9-17-13/h5-10,12H,11H2,1-4H3,(H,18,20)(H,19,22)/t12-/m0/s1. The summed E-state index contributed by atoms with van der Waals surface area (Å²) in [6, 6.07) is 7.29. The molecule has 118 valence electrons. The molecule has 0 saturated heterocycles. The van der Waals surface area contributed by atoms with Gasteiger partial charge in [-0.05, 0) is 39.8 Å². The highest BCUT2D eigenvalue weighted by Gasteiger charge is 2.19. The van der Waals surface area contributed by atoms with Crippen molar-refractivity contribution < 1.29 is 4.79 Å². The Balaban J connectivity index is 1.93. The predicted molar refractivity (Wildman–Crippen MR) is 86.5 cm³/mol. The molecule has 6 heteroatoms. The van der Waals surface area contributed by atoms with Gasteiger partial charge in [-0.1, -0.05) is 6.07 Å². The summed E-state index contributed by atoms with van der Waals surface area (Å²) >= 11 is 0. The smallest absolute Gasteiger partial charge is 0.242 e. The molecule has 2 aromatic rings. The van der Waals surface area contributed by atoms with E-state index in [1.807, 2.05) is 58.2 Å². The predicted octanol–water partition coefficient (Wildman–Crippen LogP) is 2.04. The Hall–Kier alpha value is -2.37. The van der Waals surface area contributed by atoms with Crippen molar-refractivity contribution in [2.24, 2.45) is 0 Å². The lowest BCUT2D eigenvalue weighted by atomic mass is 10.1. The number of rotatable bonds is 5. The van der Waals surface area contributed by atoms with Gasteiger partial charge in [0.25, 0.3) is 0 Å². The lowest BCUT2D eigenvalue weighted by Gasteiger charge is -2.23. The fourth-order valence-electron chi connectivity index (χ4n) is 1.95. The molecule has 0 saturated carbocycles. The van der Waals surface area contributed by atoms with Crippen molar-refractivity contribution in [1.82, 2.24) is 20.1 Å². The highest BCUT2D eigenvalue weighted by Crippen LogP contribution is 2.07. The number of nitrogens with zero attached hydrogens (tertiary/aromatic N) is 3. The Bertz CT molecular complexity index is 615. The van der Waals surface area contributed by atoms with Crippen LogP contribution in [0, 0.1) is 0 Å². The monoisotopic (exact) mass is 301 g/mol. The Morgan fingerprint density at radius 2 is 2.09 bits per heavy atom. The first kappa shape index (κ1) is 16.0. The van der Waals surface area contributed by atoms with Crippen LogP contribution in [-0.2, 0) is 11.3 Å². The summed E-state index contributed by atoms with van der Waals surface area (Å²) in [4.78, 5) is 16.3. The summed E-state index contributed by atoms with van der Waals surface area (Å²) in [5, 5.41) is 10.5. The van der Waals surface area contributed by atoms with E-state index in [4.69, 9.17) is 0 Å². The van der Waals surface area contributed by atoms with Crippen LogP contribution < -0.4 is 10.6 Å².